The topological polar surface area (TPSA) is 72.8 Å². The quantitative estimate of drug-likeness (QED) is 0.495. The maximum Gasteiger partial charge on any atom is 0.338 e. The van der Waals surface area contributed by atoms with Crippen LogP contribution in [0.3, 0.4) is 0 Å². The van der Waals surface area contributed by atoms with Gasteiger partial charge in [0.1, 0.15) is 12.2 Å². The molecule has 5 nitrogen and oxygen atoms in total. The van der Waals surface area contributed by atoms with Gasteiger partial charge in [-0.05, 0) is 36.5 Å². The van der Waals surface area contributed by atoms with Crippen molar-refractivity contribution in [2.45, 2.75) is 31.2 Å². The van der Waals surface area contributed by atoms with Crippen LogP contribution in [0.5, 0.6) is 0 Å². The van der Waals surface area contributed by atoms with Crippen LogP contribution in [-0.4, -0.2) is 35.4 Å². The molecule has 1 aliphatic heterocycles. The molecule has 1 aromatic rings. The number of carbonyl (C=O) groups excluding carboxylic acids is 2. The number of carbonyl (C=O) groups is 2. The van der Waals surface area contributed by atoms with Crippen LogP contribution in [0.15, 0.2) is 66.8 Å². The summed E-state index contributed by atoms with van der Waals surface area (Å²) in [5.74, 6) is -1.67. The molecule has 5 heteroatoms. The highest BCUT2D eigenvalue weighted by molar-refractivity contribution is 5.91. The van der Waals surface area contributed by atoms with Gasteiger partial charge in [0, 0.05) is 11.5 Å². The summed E-state index contributed by atoms with van der Waals surface area (Å²) in [6, 6.07) is 8.79. The maximum atomic E-state index is 12.5. The van der Waals surface area contributed by atoms with E-state index < -0.39 is 36.2 Å². The van der Waals surface area contributed by atoms with Crippen molar-refractivity contribution >= 4 is 11.9 Å². The van der Waals surface area contributed by atoms with Gasteiger partial charge in [-0.2, -0.15) is 0 Å². The highest BCUT2D eigenvalue weighted by Crippen LogP contribution is 2.52. The van der Waals surface area contributed by atoms with E-state index in [4.69, 9.17) is 9.47 Å². The third-order valence-electron chi connectivity index (χ3n) is 6.03. The second-order valence-electron chi connectivity index (χ2n) is 7.55. The first-order chi connectivity index (χ1) is 12.9. The molecule has 0 spiro atoms. The van der Waals surface area contributed by atoms with Crippen LogP contribution in [-0.2, 0) is 14.3 Å². The fraction of sp³-hybridized carbons (Fsp3) is 0.364. The minimum Gasteiger partial charge on any atom is -0.458 e. The number of fused-ring (bicyclic) bond motifs is 3. The molecule has 6 atom stereocenters. The second kappa shape index (κ2) is 6.50. The molecule has 140 valence electrons. The Hall–Kier alpha value is -2.66. The zero-order chi connectivity index (χ0) is 19.3. The molecule has 2 saturated carbocycles. The van der Waals surface area contributed by atoms with Crippen LogP contribution in [0.1, 0.15) is 23.2 Å². The maximum absolute atomic E-state index is 12.5. The molecule has 0 aromatic heterocycles. The molecule has 0 radical (unpaired) electrons. The fourth-order valence-electron chi connectivity index (χ4n) is 4.66. The first-order valence-electron chi connectivity index (χ1n) is 9.08. The number of aliphatic hydroxyl groups excluding tert-OH is 1. The molecule has 1 N–H and O–H groups in total. The number of rotatable bonds is 2. The Morgan fingerprint density at radius 1 is 1.15 bits per heavy atom. The average molecular weight is 366 g/mol. The predicted molar refractivity (Wildman–Crippen MR) is 98.7 cm³/mol. The van der Waals surface area contributed by atoms with Crippen LogP contribution in [0.25, 0.3) is 0 Å². The Morgan fingerprint density at radius 2 is 1.85 bits per heavy atom. The highest BCUT2D eigenvalue weighted by atomic mass is 16.6. The van der Waals surface area contributed by atoms with E-state index in [1.807, 2.05) is 6.07 Å². The number of esters is 2. The Labute approximate surface area is 158 Å². The summed E-state index contributed by atoms with van der Waals surface area (Å²) in [5, 5.41) is 10.6. The predicted octanol–water partition coefficient (Wildman–Crippen LogP) is 2.82. The van der Waals surface area contributed by atoms with E-state index in [0.717, 1.165) is 5.57 Å². The lowest BCUT2D eigenvalue weighted by Crippen LogP contribution is -2.34. The summed E-state index contributed by atoms with van der Waals surface area (Å²) in [7, 11) is 0. The zero-order valence-corrected chi connectivity index (χ0v) is 15.0. The van der Waals surface area contributed by atoms with Crippen molar-refractivity contribution in [3.05, 3.63) is 72.4 Å². The molecule has 27 heavy (non-hydrogen) atoms. The number of hydrogen-bond acceptors (Lipinski definition) is 5. The SMILES string of the molecule is C=C1CC(O)C2C(=C)C(=O)OC2C2C(=C)C(OC(=O)c3ccccc3)CC12. The molecule has 3 aliphatic rings. The van der Waals surface area contributed by atoms with Crippen molar-refractivity contribution in [2.24, 2.45) is 17.8 Å². The standard InChI is InChI=1S/C22H22O5/c1-11-9-16(23)19-13(3)21(24)27-20(19)18-12(2)17(10-15(11)18)26-22(25)14-7-5-4-6-8-14/h4-8,15-20,23H,1-3,9-10H2. The van der Waals surface area contributed by atoms with Gasteiger partial charge in [-0.15, -0.1) is 0 Å². The average Bonchev–Trinajstić information content (AvgIpc) is 3.09. The molecule has 1 heterocycles. The van der Waals surface area contributed by atoms with Crippen LogP contribution in [0.4, 0.5) is 0 Å². The van der Waals surface area contributed by atoms with Crippen molar-refractivity contribution < 1.29 is 24.2 Å². The van der Waals surface area contributed by atoms with E-state index in [0.29, 0.717) is 29.6 Å². The lowest BCUT2D eigenvalue weighted by atomic mass is 9.81. The van der Waals surface area contributed by atoms with E-state index in [-0.39, 0.29) is 11.8 Å². The molecule has 4 rings (SSSR count). The third kappa shape index (κ3) is 2.82. The van der Waals surface area contributed by atoms with E-state index in [1.165, 1.54) is 0 Å². The molecule has 1 saturated heterocycles. The van der Waals surface area contributed by atoms with Gasteiger partial charge in [-0.25, -0.2) is 9.59 Å². The minimum absolute atomic E-state index is 0.0607. The highest BCUT2D eigenvalue weighted by Gasteiger charge is 2.56. The molecule has 0 bridgehead atoms. The fourth-order valence-corrected chi connectivity index (χ4v) is 4.66. The van der Waals surface area contributed by atoms with E-state index in [1.54, 1.807) is 24.3 Å². The summed E-state index contributed by atoms with van der Waals surface area (Å²) in [5.41, 5.74) is 2.34. The van der Waals surface area contributed by atoms with Gasteiger partial charge >= 0.3 is 11.9 Å². The van der Waals surface area contributed by atoms with Crippen molar-refractivity contribution in [1.29, 1.82) is 0 Å². The van der Waals surface area contributed by atoms with Gasteiger partial charge in [-0.1, -0.05) is 43.5 Å². The Kier molecular flexibility index (Phi) is 4.27. The van der Waals surface area contributed by atoms with Crippen LogP contribution in [0, 0.1) is 17.8 Å². The summed E-state index contributed by atoms with van der Waals surface area (Å²) in [4.78, 5) is 24.5. The number of aliphatic hydroxyl groups is 1. The van der Waals surface area contributed by atoms with Crippen LogP contribution in [0.2, 0.25) is 0 Å². The van der Waals surface area contributed by atoms with E-state index in [9.17, 15) is 14.7 Å². The summed E-state index contributed by atoms with van der Waals surface area (Å²) < 4.78 is 11.3. The van der Waals surface area contributed by atoms with Crippen LogP contribution >= 0.6 is 0 Å². The lowest BCUT2D eigenvalue weighted by Gasteiger charge is -2.27. The van der Waals surface area contributed by atoms with Crippen molar-refractivity contribution in [3.8, 4) is 0 Å². The first kappa shape index (κ1) is 17.7. The van der Waals surface area contributed by atoms with Gasteiger partial charge < -0.3 is 14.6 Å². The lowest BCUT2D eigenvalue weighted by molar-refractivity contribution is -0.141. The summed E-state index contributed by atoms with van der Waals surface area (Å²) in [6.45, 7) is 12.1. The molecular formula is C22H22O5. The van der Waals surface area contributed by atoms with Crippen molar-refractivity contribution in [2.75, 3.05) is 0 Å². The molecule has 3 fully saturated rings. The first-order valence-corrected chi connectivity index (χ1v) is 9.08. The Bertz CT molecular complexity index is 840. The van der Waals surface area contributed by atoms with Gasteiger partial charge in [0.15, 0.2) is 0 Å². The molecule has 1 aromatic carbocycles. The summed E-state index contributed by atoms with van der Waals surface area (Å²) >= 11 is 0. The van der Waals surface area contributed by atoms with Crippen molar-refractivity contribution in [3.63, 3.8) is 0 Å². The van der Waals surface area contributed by atoms with Crippen LogP contribution < -0.4 is 0 Å². The Morgan fingerprint density at radius 3 is 2.56 bits per heavy atom. The second-order valence-corrected chi connectivity index (χ2v) is 7.55. The molecular weight excluding hydrogens is 344 g/mol. The monoisotopic (exact) mass is 366 g/mol. The van der Waals surface area contributed by atoms with Gasteiger partial charge in [0.05, 0.1) is 17.6 Å². The third-order valence-corrected chi connectivity index (χ3v) is 6.03. The molecule has 0 amide bonds. The largest absolute Gasteiger partial charge is 0.458 e. The van der Waals surface area contributed by atoms with Gasteiger partial charge in [-0.3, -0.25) is 0 Å². The van der Waals surface area contributed by atoms with E-state index >= 15 is 0 Å². The van der Waals surface area contributed by atoms with E-state index in [2.05, 4.69) is 19.7 Å². The number of benzene rings is 1. The van der Waals surface area contributed by atoms with Crippen molar-refractivity contribution in [1.82, 2.24) is 0 Å². The summed E-state index contributed by atoms with van der Waals surface area (Å²) in [6.07, 6.45) is -0.888. The van der Waals surface area contributed by atoms with Gasteiger partial charge in [0.25, 0.3) is 0 Å². The molecule has 2 aliphatic carbocycles. The zero-order valence-electron chi connectivity index (χ0n) is 15.0. The minimum atomic E-state index is -0.759. The molecule has 6 unspecified atom stereocenters. The van der Waals surface area contributed by atoms with Gasteiger partial charge in [0.2, 0.25) is 0 Å². The smallest absolute Gasteiger partial charge is 0.338 e. The number of hydrogen-bond donors (Lipinski definition) is 1. The normalized spacial score (nSPS) is 35.3. The Balaban J connectivity index is 1.60. The number of ether oxygens (including phenoxy) is 2.